The molecule has 0 radical (unpaired) electrons. The molecule has 0 bridgehead atoms. The van der Waals surface area contributed by atoms with Crippen LogP contribution < -0.4 is 5.32 Å². The fourth-order valence-electron chi connectivity index (χ4n) is 4.97. The lowest BCUT2D eigenvalue weighted by Gasteiger charge is -2.23. The maximum atomic E-state index is 12.4. The van der Waals surface area contributed by atoms with Crippen LogP contribution in [0.1, 0.15) is 155 Å². The average molecular weight is 624 g/mol. The summed E-state index contributed by atoms with van der Waals surface area (Å²) in [6.07, 6.45) is 39.1. The molecule has 1 amide bonds. The molecule has 3 N–H and O–H groups in total. The number of rotatable bonds is 30. The number of hydrogen-bond acceptors (Lipinski definition) is 4. The lowest BCUT2D eigenvalue weighted by molar-refractivity contribution is -0.122. The van der Waals surface area contributed by atoms with Crippen molar-refractivity contribution in [2.45, 2.75) is 167 Å². The van der Waals surface area contributed by atoms with Gasteiger partial charge >= 0.3 is 0 Å². The van der Waals surface area contributed by atoms with E-state index in [1.165, 1.54) is 51.4 Å². The Labute approximate surface area is 265 Å². The summed E-state index contributed by atoms with van der Waals surface area (Å²) in [6.45, 7) is 4.37. The SMILES string of the molecule is CC/C=C\C/C=C\C/C=C\C/C=C\CCCCCCC(=O)NC(CS(=O)(=O)O)C(O)CCCCCCCCCCCCC. The minimum Gasteiger partial charge on any atom is -0.391 e. The third kappa shape index (κ3) is 31.5. The highest BCUT2D eigenvalue weighted by Gasteiger charge is 2.26. The quantitative estimate of drug-likeness (QED) is 0.0420. The topological polar surface area (TPSA) is 104 Å². The van der Waals surface area contributed by atoms with Gasteiger partial charge in [-0.2, -0.15) is 8.42 Å². The maximum Gasteiger partial charge on any atom is 0.266 e. The second-order valence-corrected chi connectivity index (χ2v) is 13.3. The summed E-state index contributed by atoms with van der Waals surface area (Å²) in [4.78, 5) is 12.4. The molecule has 0 rings (SSSR count). The van der Waals surface area contributed by atoms with Crippen LogP contribution in [-0.2, 0) is 14.9 Å². The highest BCUT2D eigenvalue weighted by molar-refractivity contribution is 7.85. The normalized spacial score (nSPS) is 14.0. The fraction of sp³-hybridized carbons (Fsp3) is 0.750. The highest BCUT2D eigenvalue weighted by Crippen LogP contribution is 2.14. The van der Waals surface area contributed by atoms with Gasteiger partial charge in [-0.15, -0.1) is 0 Å². The van der Waals surface area contributed by atoms with Gasteiger partial charge in [0, 0.05) is 6.42 Å². The van der Waals surface area contributed by atoms with Crippen molar-refractivity contribution in [1.82, 2.24) is 5.32 Å². The molecular formula is C36H65NO5S. The van der Waals surface area contributed by atoms with E-state index in [1.54, 1.807) is 0 Å². The molecule has 0 saturated carbocycles. The Morgan fingerprint density at radius 1 is 0.651 bits per heavy atom. The summed E-state index contributed by atoms with van der Waals surface area (Å²) < 4.78 is 32.3. The third-order valence-electron chi connectivity index (χ3n) is 7.55. The van der Waals surface area contributed by atoms with E-state index >= 15 is 0 Å². The molecule has 2 unspecified atom stereocenters. The first-order valence-corrected chi connectivity index (χ1v) is 18.9. The van der Waals surface area contributed by atoms with Crippen LogP contribution in [0.4, 0.5) is 0 Å². The van der Waals surface area contributed by atoms with Crippen LogP contribution in [0, 0.1) is 0 Å². The van der Waals surface area contributed by atoms with E-state index < -0.39 is 28.0 Å². The third-order valence-corrected chi connectivity index (χ3v) is 8.33. The molecule has 0 aromatic rings. The number of aliphatic hydroxyl groups excluding tert-OH is 1. The molecule has 0 spiro atoms. The van der Waals surface area contributed by atoms with E-state index in [9.17, 15) is 22.9 Å². The van der Waals surface area contributed by atoms with Crippen molar-refractivity contribution in [3.05, 3.63) is 48.6 Å². The van der Waals surface area contributed by atoms with Gasteiger partial charge < -0.3 is 10.4 Å². The zero-order chi connectivity index (χ0) is 31.9. The average Bonchev–Trinajstić information content (AvgIpc) is 2.96. The van der Waals surface area contributed by atoms with E-state index in [4.69, 9.17) is 0 Å². The van der Waals surface area contributed by atoms with Crippen LogP contribution in [0.15, 0.2) is 48.6 Å². The molecule has 0 aliphatic carbocycles. The first-order chi connectivity index (χ1) is 20.8. The lowest BCUT2D eigenvalue weighted by atomic mass is 10.0. The van der Waals surface area contributed by atoms with E-state index in [1.807, 2.05) is 0 Å². The van der Waals surface area contributed by atoms with E-state index in [0.29, 0.717) is 12.8 Å². The van der Waals surface area contributed by atoms with Crippen LogP contribution in [-0.4, -0.2) is 41.9 Å². The lowest BCUT2D eigenvalue weighted by Crippen LogP contribution is -2.47. The molecule has 0 aliphatic rings. The van der Waals surface area contributed by atoms with Crippen molar-refractivity contribution in [2.75, 3.05) is 5.75 Å². The predicted octanol–water partition coefficient (Wildman–Crippen LogP) is 9.57. The van der Waals surface area contributed by atoms with E-state index in [0.717, 1.165) is 70.6 Å². The molecule has 2 atom stereocenters. The van der Waals surface area contributed by atoms with Gasteiger partial charge in [0.05, 0.1) is 17.9 Å². The summed E-state index contributed by atoms with van der Waals surface area (Å²) in [5.41, 5.74) is 0. The number of amides is 1. The molecule has 0 fully saturated rings. The number of hydrogen-bond donors (Lipinski definition) is 3. The molecule has 0 heterocycles. The first kappa shape index (κ1) is 41.3. The van der Waals surface area contributed by atoms with Crippen LogP contribution in [0.2, 0.25) is 0 Å². The second kappa shape index (κ2) is 30.3. The Bertz CT molecular complexity index is 863. The summed E-state index contributed by atoms with van der Waals surface area (Å²) in [7, 11) is -4.31. The van der Waals surface area contributed by atoms with E-state index in [-0.39, 0.29) is 12.3 Å². The Hall–Kier alpha value is -1.70. The number of unbranched alkanes of at least 4 members (excludes halogenated alkanes) is 14. The Morgan fingerprint density at radius 2 is 1.12 bits per heavy atom. The summed E-state index contributed by atoms with van der Waals surface area (Å²) in [6, 6.07) is -0.983. The highest BCUT2D eigenvalue weighted by atomic mass is 32.2. The molecular weight excluding hydrogens is 558 g/mol. The first-order valence-electron chi connectivity index (χ1n) is 17.3. The molecule has 0 aliphatic heterocycles. The summed E-state index contributed by atoms with van der Waals surface area (Å²) in [5, 5.41) is 13.2. The minimum atomic E-state index is -4.31. The standard InChI is InChI=1S/C36H65NO5S/c1-3-5-7-9-11-13-15-16-17-18-19-20-22-24-26-28-30-32-36(39)37-34(33-43(40,41)42)35(38)31-29-27-25-23-21-14-12-10-8-6-4-2/h5,7,11,13,16-17,19-20,34-35,38H,3-4,6,8-10,12,14-15,18,21-33H2,1-2H3,(H,37,39)(H,40,41,42)/b7-5-,13-11-,17-16-,20-19-. The van der Waals surface area contributed by atoms with Gasteiger partial charge in [-0.1, -0.05) is 146 Å². The maximum absolute atomic E-state index is 12.4. The van der Waals surface area contributed by atoms with Crippen molar-refractivity contribution in [1.29, 1.82) is 0 Å². The molecule has 6 nitrogen and oxygen atoms in total. The van der Waals surface area contributed by atoms with Gasteiger partial charge in [-0.05, 0) is 51.4 Å². The van der Waals surface area contributed by atoms with Gasteiger partial charge in [0.2, 0.25) is 5.91 Å². The monoisotopic (exact) mass is 623 g/mol. The van der Waals surface area contributed by atoms with Gasteiger partial charge in [0.15, 0.2) is 0 Å². The van der Waals surface area contributed by atoms with Crippen molar-refractivity contribution >= 4 is 16.0 Å². The molecule has 43 heavy (non-hydrogen) atoms. The molecule has 0 saturated heterocycles. The van der Waals surface area contributed by atoms with Crippen LogP contribution in [0.3, 0.4) is 0 Å². The number of aliphatic hydroxyl groups is 1. The molecule has 0 aromatic carbocycles. The van der Waals surface area contributed by atoms with Crippen LogP contribution in [0.25, 0.3) is 0 Å². The van der Waals surface area contributed by atoms with Crippen molar-refractivity contribution < 1.29 is 22.9 Å². The van der Waals surface area contributed by atoms with Gasteiger partial charge in [-0.3, -0.25) is 9.35 Å². The minimum absolute atomic E-state index is 0.273. The summed E-state index contributed by atoms with van der Waals surface area (Å²) >= 11 is 0. The van der Waals surface area contributed by atoms with Crippen LogP contribution >= 0.6 is 0 Å². The Balaban J connectivity index is 4.02. The van der Waals surface area contributed by atoms with Crippen molar-refractivity contribution in [3.8, 4) is 0 Å². The number of carbonyl (C=O) groups excluding carboxylic acids is 1. The smallest absolute Gasteiger partial charge is 0.266 e. The van der Waals surface area contributed by atoms with Crippen LogP contribution in [0.5, 0.6) is 0 Å². The predicted molar refractivity (Wildman–Crippen MR) is 184 cm³/mol. The number of allylic oxidation sites excluding steroid dienone is 8. The summed E-state index contributed by atoms with van der Waals surface area (Å²) in [5.74, 6) is -0.933. The molecule has 7 heteroatoms. The zero-order valence-electron chi connectivity index (χ0n) is 27.6. The van der Waals surface area contributed by atoms with Gasteiger partial charge in [0.1, 0.15) is 0 Å². The Morgan fingerprint density at radius 3 is 1.65 bits per heavy atom. The zero-order valence-corrected chi connectivity index (χ0v) is 28.4. The van der Waals surface area contributed by atoms with Crippen molar-refractivity contribution in [2.24, 2.45) is 0 Å². The fourth-order valence-corrected chi connectivity index (χ4v) is 5.73. The Kier molecular flexibility index (Phi) is 29.1. The number of carbonyl (C=O) groups is 1. The van der Waals surface area contributed by atoms with Gasteiger partial charge in [0.25, 0.3) is 10.1 Å². The molecule has 0 aromatic heterocycles. The second-order valence-electron chi connectivity index (χ2n) is 11.8. The number of nitrogens with one attached hydrogen (secondary N) is 1. The largest absolute Gasteiger partial charge is 0.391 e. The van der Waals surface area contributed by atoms with Crippen molar-refractivity contribution in [3.63, 3.8) is 0 Å². The molecule has 250 valence electrons. The van der Waals surface area contributed by atoms with E-state index in [2.05, 4.69) is 67.8 Å². The van der Waals surface area contributed by atoms with Gasteiger partial charge in [-0.25, -0.2) is 0 Å².